The predicted molar refractivity (Wildman–Crippen MR) is 68.5 cm³/mol. The number of hydrogen-bond acceptors (Lipinski definition) is 3. The molecule has 90 valence electrons. The van der Waals surface area contributed by atoms with Gasteiger partial charge in [-0.05, 0) is 24.3 Å². The van der Waals surface area contributed by atoms with E-state index in [4.69, 9.17) is 4.18 Å². The summed E-state index contributed by atoms with van der Waals surface area (Å²) < 4.78 is 18.3. The highest BCUT2D eigenvalue weighted by Gasteiger charge is 2.32. The molecule has 1 heterocycles. The predicted octanol–water partition coefficient (Wildman–Crippen LogP) is 2.30. The van der Waals surface area contributed by atoms with E-state index in [9.17, 15) is 9.00 Å². The van der Waals surface area contributed by atoms with Crippen molar-refractivity contribution in [1.82, 2.24) is 0 Å². The summed E-state index contributed by atoms with van der Waals surface area (Å²) in [5, 5.41) is 0. The molecule has 0 saturated carbocycles. The number of rotatable bonds is 1. The zero-order chi connectivity index (χ0) is 12.5. The van der Waals surface area contributed by atoms with Crippen molar-refractivity contribution in [2.24, 2.45) is 0 Å². The summed E-state index contributed by atoms with van der Waals surface area (Å²) in [6.45, 7) is 0. The lowest BCUT2D eigenvalue weighted by atomic mass is 10.2. The Hall–Kier alpha value is -2.14. The molecule has 1 amide bonds. The van der Waals surface area contributed by atoms with E-state index in [1.54, 1.807) is 48.5 Å². The normalized spacial score (nSPS) is 18.1. The Morgan fingerprint density at radius 1 is 0.944 bits per heavy atom. The monoisotopic (exact) mass is 259 g/mol. The van der Waals surface area contributed by atoms with E-state index in [0.29, 0.717) is 17.0 Å². The lowest BCUT2D eigenvalue weighted by molar-refractivity contribution is 0.0999. The molecule has 18 heavy (non-hydrogen) atoms. The largest absolute Gasteiger partial charge is 0.384 e. The quantitative estimate of drug-likeness (QED) is 0.789. The average molecular weight is 259 g/mol. The Morgan fingerprint density at radius 2 is 1.61 bits per heavy atom. The van der Waals surface area contributed by atoms with Gasteiger partial charge in [0, 0.05) is 0 Å². The van der Waals surface area contributed by atoms with Crippen LogP contribution in [0.1, 0.15) is 10.4 Å². The summed E-state index contributed by atoms with van der Waals surface area (Å²) in [5.74, 6) is 0.0365. The van der Waals surface area contributed by atoms with Crippen LogP contribution >= 0.6 is 0 Å². The van der Waals surface area contributed by atoms with Crippen molar-refractivity contribution in [3.8, 4) is 5.75 Å². The number of benzene rings is 2. The van der Waals surface area contributed by atoms with E-state index in [1.807, 2.05) is 6.07 Å². The van der Waals surface area contributed by atoms with Crippen LogP contribution in [0.3, 0.4) is 0 Å². The van der Waals surface area contributed by atoms with Crippen molar-refractivity contribution >= 4 is 22.9 Å². The number of hydrogen-bond donors (Lipinski definition) is 0. The summed E-state index contributed by atoms with van der Waals surface area (Å²) in [5.41, 5.74) is 0.969. The second-order valence-corrected chi connectivity index (χ2v) is 4.70. The van der Waals surface area contributed by atoms with Crippen LogP contribution in [0.5, 0.6) is 5.75 Å². The Morgan fingerprint density at radius 3 is 2.39 bits per heavy atom. The van der Waals surface area contributed by atoms with Crippen LogP contribution in [0, 0.1) is 0 Å². The van der Waals surface area contributed by atoms with E-state index in [0.717, 1.165) is 4.31 Å². The number of amides is 1. The van der Waals surface area contributed by atoms with E-state index in [2.05, 4.69) is 0 Å². The Bertz CT molecular complexity index is 627. The third-order valence-corrected chi connectivity index (χ3v) is 3.60. The molecule has 0 aliphatic carbocycles. The van der Waals surface area contributed by atoms with Crippen LogP contribution in [-0.2, 0) is 11.3 Å². The molecule has 2 aromatic rings. The van der Waals surface area contributed by atoms with Gasteiger partial charge in [0.05, 0.1) is 11.3 Å². The van der Waals surface area contributed by atoms with Crippen molar-refractivity contribution in [1.29, 1.82) is 0 Å². The first kappa shape index (κ1) is 11.0. The summed E-state index contributed by atoms with van der Waals surface area (Å²) in [6.07, 6.45) is 0. The number of carbonyl (C=O) groups excluding carboxylic acids is 1. The van der Waals surface area contributed by atoms with Gasteiger partial charge in [-0.1, -0.05) is 30.3 Å². The first-order chi connectivity index (χ1) is 8.77. The van der Waals surface area contributed by atoms with Crippen LogP contribution in [0.4, 0.5) is 5.69 Å². The van der Waals surface area contributed by atoms with Gasteiger partial charge in [0.1, 0.15) is 0 Å². The number of anilines is 1. The Labute approximate surface area is 107 Å². The number of para-hydroxylation sites is 2. The molecular formula is C13H9NO3S. The maximum Gasteiger partial charge on any atom is 0.326 e. The second-order valence-electron chi connectivity index (χ2n) is 3.73. The maximum absolute atomic E-state index is 12.3. The third kappa shape index (κ3) is 1.69. The van der Waals surface area contributed by atoms with Crippen molar-refractivity contribution < 1.29 is 13.2 Å². The number of fused-ring (bicyclic) bond motifs is 1. The first-order valence-corrected chi connectivity index (χ1v) is 6.39. The average Bonchev–Trinajstić information content (AvgIpc) is 2.40. The highest BCUT2D eigenvalue weighted by Crippen LogP contribution is 2.30. The Balaban J connectivity index is 2.09. The van der Waals surface area contributed by atoms with Crippen LogP contribution < -0.4 is 8.49 Å². The molecule has 0 radical (unpaired) electrons. The lowest BCUT2D eigenvalue weighted by Crippen LogP contribution is -2.39. The van der Waals surface area contributed by atoms with E-state index in [-0.39, 0.29) is 5.91 Å². The zero-order valence-electron chi connectivity index (χ0n) is 9.28. The molecular weight excluding hydrogens is 250 g/mol. The van der Waals surface area contributed by atoms with Gasteiger partial charge in [0.2, 0.25) is 0 Å². The van der Waals surface area contributed by atoms with Gasteiger partial charge < -0.3 is 4.18 Å². The molecule has 2 aromatic carbocycles. The molecule has 1 unspecified atom stereocenters. The fourth-order valence-corrected chi connectivity index (χ4v) is 2.67. The van der Waals surface area contributed by atoms with Gasteiger partial charge in [-0.25, -0.2) is 0 Å². The summed E-state index contributed by atoms with van der Waals surface area (Å²) >= 11 is -1.84. The summed E-state index contributed by atoms with van der Waals surface area (Å²) in [7, 11) is 0. The SMILES string of the molecule is O=C1c2ccccc2OS(=O)N1c1ccccc1. The van der Waals surface area contributed by atoms with E-state index < -0.39 is 11.3 Å². The molecule has 4 nitrogen and oxygen atoms in total. The van der Waals surface area contributed by atoms with Gasteiger partial charge >= 0.3 is 11.3 Å². The van der Waals surface area contributed by atoms with Gasteiger partial charge in [-0.3, -0.25) is 4.79 Å². The molecule has 0 fully saturated rings. The first-order valence-electron chi connectivity index (χ1n) is 5.36. The molecule has 5 heteroatoms. The summed E-state index contributed by atoms with van der Waals surface area (Å²) in [6, 6.07) is 15.6. The van der Waals surface area contributed by atoms with Crippen LogP contribution in [0.2, 0.25) is 0 Å². The topological polar surface area (TPSA) is 46.6 Å². The van der Waals surface area contributed by atoms with Crippen molar-refractivity contribution in [3.63, 3.8) is 0 Å². The highest BCUT2D eigenvalue weighted by molar-refractivity contribution is 7.83. The fraction of sp³-hybridized carbons (Fsp3) is 0. The zero-order valence-corrected chi connectivity index (χ0v) is 10.1. The summed E-state index contributed by atoms with van der Waals surface area (Å²) in [4.78, 5) is 12.3. The third-order valence-electron chi connectivity index (χ3n) is 2.60. The number of carbonyl (C=O) groups is 1. The van der Waals surface area contributed by atoms with Gasteiger partial charge in [0.25, 0.3) is 5.91 Å². The molecule has 1 aliphatic rings. The molecule has 1 aliphatic heterocycles. The molecule has 0 saturated heterocycles. The van der Waals surface area contributed by atoms with Gasteiger partial charge in [-0.2, -0.15) is 8.51 Å². The van der Waals surface area contributed by atoms with Crippen LogP contribution in [-0.4, -0.2) is 10.1 Å². The van der Waals surface area contributed by atoms with Crippen molar-refractivity contribution in [2.45, 2.75) is 0 Å². The standard InChI is InChI=1S/C13H9NO3S/c15-13-11-8-4-5-9-12(11)17-18(16)14(13)10-6-2-1-3-7-10/h1-9H. The lowest BCUT2D eigenvalue weighted by Gasteiger charge is -2.26. The molecule has 0 spiro atoms. The highest BCUT2D eigenvalue weighted by atomic mass is 32.2. The molecule has 0 aromatic heterocycles. The van der Waals surface area contributed by atoms with Gasteiger partial charge in [-0.15, -0.1) is 0 Å². The van der Waals surface area contributed by atoms with Crippen molar-refractivity contribution in [3.05, 3.63) is 60.2 Å². The fourth-order valence-electron chi connectivity index (χ4n) is 1.77. The van der Waals surface area contributed by atoms with E-state index in [1.165, 1.54) is 0 Å². The molecule has 3 rings (SSSR count). The van der Waals surface area contributed by atoms with Crippen molar-refractivity contribution in [2.75, 3.05) is 4.31 Å². The molecule has 1 atom stereocenters. The maximum atomic E-state index is 12.3. The van der Waals surface area contributed by atoms with Crippen LogP contribution in [0.15, 0.2) is 54.6 Å². The molecule has 0 bridgehead atoms. The second kappa shape index (κ2) is 4.27. The smallest absolute Gasteiger partial charge is 0.326 e. The number of nitrogens with zero attached hydrogens (tertiary/aromatic N) is 1. The van der Waals surface area contributed by atoms with Crippen LogP contribution in [0.25, 0.3) is 0 Å². The van der Waals surface area contributed by atoms with Gasteiger partial charge in [0.15, 0.2) is 5.75 Å². The minimum absolute atomic E-state index is 0.318. The minimum atomic E-state index is -1.84. The van der Waals surface area contributed by atoms with E-state index >= 15 is 0 Å². The Kier molecular flexibility index (Phi) is 2.60. The minimum Gasteiger partial charge on any atom is -0.384 e. The molecule has 0 N–H and O–H groups in total.